The number of hydrogen-bond donors (Lipinski definition) is 1. The van der Waals surface area contributed by atoms with Gasteiger partial charge in [-0.1, -0.05) is 30.3 Å². The molecule has 0 bridgehead atoms. The molecule has 4 nitrogen and oxygen atoms in total. The van der Waals surface area contributed by atoms with Gasteiger partial charge in [0.25, 0.3) is 5.91 Å². The van der Waals surface area contributed by atoms with E-state index in [0.29, 0.717) is 0 Å². The molecule has 1 amide bonds. The minimum atomic E-state index is -4.51. The third-order valence-electron chi connectivity index (χ3n) is 5.18. The first kappa shape index (κ1) is 21.4. The Hall–Kier alpha value is -3.87. The van der Waals surface area contributed by atoms with E-state index in [1.54, 1.807) is 19.5 Å². The Bertz CT molecular complexity index is 1290. The van der Waals surface area contributed by atoms with Gasteiger partial charge in [0.2, 0.25) is 0 Å². The van der Waals surface area contributed by atoms with Crippen molar-refractivity contribution in [2.24, 2.45) is 0 Å². The maximum absolute atomic E-state index is 12.9. The average Bonchev–Trinajstić information content (AvgIpc) is 2.82. The highest BCUT2D eigenvalue weighted by atomic mass is 19.4. The summed E-state index contributed by atoms with van der Waals surface area (Å²) < 4.78 is 44.1. The van der Waals surface area contributed by atoms with Gasteiger partial charge in [0.05, 0.1) is 12.7 Å². The van der Waals surface area contributed by atoms with E-state index >= 15 is 0 Å². The number of methoxy groups -OCH3 is 1. The molecule has 32 heavy (non-hydrogen) atoms. The van der Waals surface area contributed by atoms with Crippen molar-refractivity contribution in [1.29, 1.82) is 0 Å². The summed E-state index contributed by atoms with van der Waals surface area (Å²) in [6.07, 6.45) is -1.10. The Balaban J connectivity index is 1.62. The summed E-state index contributed by atoms with van der Waals surface area (Å²) in [5, 5.41) is 4.50. The van der Waals surface area contributed by atoms with Crippen molar-refractivity contribution in [3.05, 3.63) is 95.8 Å². The second kappa shape index (κ2) is 8.70. The number of ether oxygens (including phenoxy) is 1. The first-order valence-electron chi connectivity index (χ1n) is 9.82. The molecule has 0 saturated heterocycles. The zero-order valence-electron chi connectivity index (χ0n) is 17.1. The van der Waals surface area contributed by atoms with Crippen molar-refractivity contribution in [2.45, 2.75) is 12.7 Å². The zero-order valence-corrected chi connectivity index (χ0v) is 17.1. The van der Waals surface area contributed by atoms with Gasteiger partial charge in [-0.05, 0) is 58.5 Å². The number of aromatic nitrogens is 1. The number of rotatable bonds is 5. The largest absolute Gasteiger partial charge is 0.497 e. The van der Waals surface area contributed by atoms with Gasteiger partial charge in [0, 0.05) is 29.9 Å². The summed E-state index contributed by atoms with van der Waals surface area (Å²) in [4.78, 5) is 16.7. The molecule has 162 valence electrons. The Morgan fingerprint density at radius 2 is 1.81 bits per heavy atom. The third kappa shape index (κ3) is 4.42. The highest BCUT2D eigenvalue weighted by Gasteiger charge is 2.30. The van der Waals surface area contributed by atoms with E-state index in [0.717, 1.165) is 45.3 Å². The summed E-state index contributed by atoms with van der Waals surface area (Å²) in [7, 11) is 1.61. The van der Waals surface area contributed by atoms with Gasteiger partial charge >= 0.3 is 6.18 Å². The van der Waals surface area contributed by atoms with Crippen LogP contribution in [-0.2, 0) is 12.7 Å². The van der Waals surface area contributed by atoms with E-state index in [1.807, 2.05) is 42.5 Å². The lowest BCUT2D eigenvalue weighted by Crippen LogP contribution is -2.23. The molecule has 4 rings (SSSR count). The number of nitrogens with zero attached hydrogens (tertiary/aromatic N) is 1. The normalized spacial score (nSPS) is 11.4. The van der Waals surface area contributed by atoms with E-state index in [1.165, 1.54) is 12.1 Å². The van der Waals surface area contributed by atoms with E-state index in [9.17, 15) is 18.0 Å². The van der Waals surface area contributed by atoms with Gasteiger partial charge in [0.1, 0.15) is 5.75 Å². The van der Waals surface area contributed by atoms with Crippen molar-refractivity contribution in [3.63, 3.8) is 0 Å². The molecule has 1 aromatic heterocycles. The number of hydrogen-bond acceptors (Lipinski definition) is 3. The van der Waals surface area contributed by atoms with Crippen LogP contribution in [0.2, 0.25) is 0 Å². The molecule has 0 fully saturated rings. The number of nitrogens with one attached hydrogen (secondary N) is 1. The van der Waals surface area contributed by atoms with Crippen LogP contribution in [0.4, 0.5) is 13.2 Å². The average molecular weight is 436 g/mol. The van der Waals surface area contributed by atoms with E-state index in [2.05, 4.69) is 10.3 Å². The van der Waals surface area contributed by atoms with E-state index in [4.69, 9.17) is 4.74 Å². The topological polar surface area (TPSA) is 51.2 Å². The summed E-state index contributed by atoms with van der Waals surface area (Å²) >= 11 is 0. The van der Waals surface area contributed by atoms with Gasteiger partial charge in [-0.2, -0.15) is 13.2 Å². The molecule has 7 heteroatoms. The molecule has 0 aliphatic heterocycles. The molecule has 0 atom stereocenters. The molecule has 0 saturated carbocycles. The number of halogens is 3. The summed E-state index contributed by atoms with van der Waals surface area (Å²) in [6.45, 7) is 0.148. The molecule has 0 unspecified atom stereocenters. The fourth-order valence-electron chi connectivity index (χ4n) is 3.56. The van der Waals surface area contributed by atoms with Crippen LogP contribution in [0.3, 0.4) is 0 Å². The quantitative estimate of drug-likeness (QED) is 0.426. The molecular weight excluding hydrogens is 417 g/mol. The monoisotopic (exact) mass is 436 g/mol. The molecule has 3 aromatic carbocycles. The van der Waals surface area contributed by atoms with Crippen LogP contribution in [-0.4, -0.2) is 18.0 Å². The Morgan fingerprint density at radius 3 is 2.59 bits per heavy atom. The molecule has 0 radical (unpaired) electrons. The second-order valence-corrected chi connectivity index (χ2v) is 7.19. The van der Waals surface area contributed by atoms with Crippen LogP contribution in [0.5, 0.6) is 5.75 Å². The molecule has 0 aliphatic carbocycles. The van der Waals surface area contributed by atoms with Crippen LogP contribution in [0.15, 0.2) is 79.1 Å². The number of amides is 1. The third-order valence-corrected chi connectivity index (χ3v) is 5.18. The summed E-state index contributed by atoms with van der Waals surface area (Å²) in [6, 6.07) is 17.8. The Morgan fingerprint density at radius 1 is 1.00 bits per heavy atom. The van der Waals surface area contributed by atoms with Crippen LogP contribution in [0, 0.1) is 0 Å². The Labute approximate surface area is 182 Å². The van der Waals surface area contributed by atoms with E-state index < -0.39 is 17.6 Å². The molecule has 1 N–H and O–H groups in total. The maximum atomic E-state index is 12.9. The smallest absolute Gasteiger partial charge is 0.416 e. The molecular formula is C25H19F3N2O2. The zero-order chi connectivity index (χ0) is 22.7. The van der Waals surface area contributed by atoms with Crippen molar-refractivity contribution in [2.75, 3.05) is 7.11 Å². The lowest BCUT2D eigenvalue weighted by atomic mass is 9.96. The van der Waals surface area contributed by atoms with Crippen LogP contribution in [0.1, 0.15) is 21.5 Å². The summed E-state index contributed by atoms with van der Waals surface area (Å²) in [5.74, 6) is 0.159. The molecule has 0 aliphatic rings. The van der Waals surface area contributed by atoms with Crippen molar-refractivity contribution < 1.29 is 22.7 Å². The number of benzene rings is 3. The van der Waals surface area contributed by atoms with Crippen molar-refractivity contribution in [1.82, 2.24) is 10.3 Å². The maximum Gasteiger partial charge on any atom is 0.416 e. The minimum Gasteiger partial charge on any atom is -0.497 e. The fraction of sp³-hybridized carbons (Fsp3) is 0.120. The van der Waals surface area contributed by atoms with Gasteiger partial charge in [-0.3, -0.25) is 9.78 Å². The predicted molar refractivity (Wildman–Crippen MR) is 116 cm³/mol. The first-order valence-corrected chi connectivity index (χ1v) is 9.82. The number of carbonyl (C=O) groups is 1. The van der Waals surface area contributed by atoms with Gasteiger partial charge in [-0.15, -0.1) is 0 Å². The van der Waals surface area contributed by atoms with Crippen LogP contribution in [0.25, 0.3) is 21.9 Å². The van der Waals surface area contributed by atoms with Gasteiger partial charge < -0.3 is 10.1 Å². The number of pyridine rings is 1. The number of carbonyl (C=O) groups excluding carboxylic acids is 1. The fourth-order valence-corrected chi connectivity index (χ4v) is 3.56. The van der Waals surface area contributed by atoms with Crippen LogP contribution >= 0.6 is 0 Å². The Kier molecular flexibility index (Phi) is 5.81. The standard InChI is InChI=1S/C25H19F3N2O2/c1-32-20-7-3-4-16(13-20)21-9-8-18(23-15-29-11-10-22(21)23)14-30-24(31)17-5-2-6-19(12-17)25(26,27)28/h2-13,15H,14H2,1H3,(H,30,31). The highest BCUT2D eigenvalue weighted by molar-refractivity contribution is 5.99. The SMILES string of the molecule is COc1cccc(-c2ccc(CNC(=O)c3cccc(C(F)(F)F)c3)c3cnccc23)c1. The lowest BCUT2D eigenvalue weighted by Gasteiger charge is -2.13. The first-order chi connectivity index (χ1) is 15.4. The molecule has 0 spiro atoms. The summed E-state index contributed by atoms with van der Waals surface area (Å²) in [5.41, 5.74) is 1.85. The minimum absolute atomic E-state index is 0.0461. The molecule has 4 aromatic rings. The lowest BCUT2D eigenvalue weighted by molar-refractivity contribution is -0.137. The van der Waals surface area contributed by atoms with Crippen LogP contribution < -0.4 is 10.1 Å². The number of alkyl halides is 3. The van der Waals surface area contributed by atoms with Crippen molar-refractivity contribution in [3.8, 4) is 16.9 Å². The molecule has 1 heterocycles. The number of fused-ring (bicyclic) bond motifs is 1. The second-order valence-electron chi connectivity index (χ2n) is 7.19. The van der Waals surface area contributed by atoms with E-state index in [-0.39, 0.29) is 12.1 Å². The highest BCUT2D eigenvalue weighted by Crippen LogP contribution is 2.32. The van der Waals surface area contributed by atoms with Crippen molar-refractivity contribution >= 4 is 16.7 Å². The van der Waals surface area contributed by atoms with Gasteiger partial charge in [-0.25, -0.2) is 0 Å². The predicted octanol–water partition coefficient (Wildman–Crippen LogP) is 5.86. The van der Waals surface area contributed by atoms with Gasteiger partial charge in [0.15, 0.2) is 0 Å².